The molecule has 14 nitrogen and oxygen atoms in total. The van der Waals surface area contributed by atoms with Crippen LogP contribution in [-0.2, 0) is 38.8 Å². The number of H-pyrrole nitrogens is 2. The fourth-order valence-corrected chi connectivity index (χ4v) is 7.35. The molecule has 4 N–H and O–H groups in total. The Balaban J connectivity index is 1.09. The molecule has 1 aliphatic rings. The summed E-state index contributed by atoms with van der Waals surface area (Å²) < 4.78 is 11.0. The molecule has 1 aliphatic heterocycles. The smallest absolute Gasteiger partial charge is 0.407 e. The van der Waals surface area contributed by atoms with Crippen LogP contribution in [0.1, 0.15) is 68.9 Å². The number of alkyl carbamates (subject to hydrolysis) is 1. The summed E-state index contributed by atoms with van der Waals surface area (Å²) in [5.74, 6) is 1.45. The van der Waals surface area contributed by atoms with Gasteiger partial charge in [0.25, 0.3) is 0 Å². The second-order valence-corrected chi connectivity index (χ2v) is 14.3. The molecule has 0 saturated heterocycles. The molecule has 0 spiro atoms. The van der Waals surface area contributed by atoms with Crippen molar-refractivity contribution in [2.45, 2.75) is 65.8 Å². The Bertz CT molecular complexity index is 2460. The Morgan fingerprint density at radius 3 is 2.41 bits per heavy atom. The molecule has 300 valence electrons. The lowest BCUT2D eigenvalue weighted by Gasteiger charge is -2.27. The molecule has 14 heteroatoms. The lowest BCUT2D eigenvalue weighted by Crippen LogP contribution is -2.43. The second-order valence-electron chi connectivity index (χ2n) is 14.3. The molecule has 6 aromatic rings. The predicted octanol–water partition coefficient (Wildman–Crippen LogP) is 6.77. The Morgan fingerprint density at radius 1 is 0.879 bits per heavy atom. The van der Waals surface area contributed by atoms with Gasteiger partial charge in [-0.25, -0.2) is 14.8 Å². The van der Waals surface area contributed by atoms with Gasteiger partial charge < -0.3 is 39.9 Å². The highest BCUT2D eigenvalue weighted by atomic mass is 16.5. The highest BCUT2D eigenvalue weighted by Crippen LogP contribution is 2.42. The van der Waals surface area contributed by atoms with Crippen LogP contribution in [0, 0.1) is 0 Å². The van der Waals surface area contributed by atoms with Gasteiger partial charge in [0, 0.05) is 30.5 Å². The number of ether oxygens (including phenoxy) is 2. The SMILES string of the molecule is CCCN(Cc1nc2ccc3cc4c(cc3c2[nH]1)OCc1cc(-c2cnc(CN(CCC)C(=O)[C@H](NC(=O)CC)c3ccccc3)[nH]2)ccc1-4)C(=O)CNC(=O)OC. The predicted molar refractivity (Wildman–Crippen MR) is 220 cm³/mol. The third-order valence-corrected chi connectivity index (χ3v) is 10.2. The molecule has 3 heterocycles. The maximum atomic E-state index is 13.9. The van der Waals surface area contributed by atoms with Crippen LogP contribution < -0.4 is 15.4 Å². The lowest BCUT2D eigenvalue weighted by molar-refractivity contribution is -0.137. The summed E-state index contributed by atoms with van der Waals surface area (Å²) in [6, 6.07) is 23.0. The van der Waals surface area contributed by atoms with Gasteiger partial charge in [0.1, 0.15) is 36.6 Å². The standard InChI is InChI=1S/C44H48N8O6/c1-5-17-51(40(54)23-46-44(56)57-4)25-38-47-34-16-14-28-20-33-31-15-13-29(19-30(31)26-58-36(33)21-32(28)42(34)49-38)35-22-45-37(48-35)24-52(18-6-2)43(55)41(50-39(53)7-3)27-11-9-8-10-12-27/h8-16,19-22,41H,5-7,17-18,23-26H2,1-4H3,(H,45,48)(H,46,56)(H,47,49)(H,50,53)/t41-/m1/s1. The summed E-state index contributed by atoms with van der Waals surface area (Å²) in [7, 11) is 1.26. The number of hydrogen-bond donors (Lipinski definition) is 4. The first-order valence-corrected chi connectivity index (χ1v) is 19.7. The number of imidazole rings is 2. The minimum Gasteiger partial charge on any atom is -0.488 e. The van der Waals surface area contributed by atoms with Crippen LogP contribution in [-0.4, -0.2) is 80.3 Å². The summed E-state index contributed by atoms with van der Waals surface area (Å²) in [6.07, 6.45) is 2.90. The molecule has 58 heavy (non-hydrogen) atoms. The largest absolute Gasteiger partial charge is 0.488 e. The quantitative estimate of drug-likeness (QED) is 0.0883. The molecule has 0 unspecified atom stereocenters. The van der Waals surface area contributed by atoms with E-state index < -0.39 is 12.1 Å². The van der Waals surface area contributed by atoms with Crippen LogP contribution in [0.4, 0.5) is 4.79 Å². The Kier molecular flexibility index (Phi) is 12.0. The van der Waals surface area contributed by atoms with E-state index >= 15 is 0 Å². The van der Waals surface area contributed by atoms with Crippen molar-refractivity contribution in [2.75, 3.05) is 26.7 Å². The van der Waals surface area contributed by atoms with Gasteiger partial charge in [-0.2, -0.15) is 0 Å². The molecular weight excluding hydrogens is 737 g/mol. The van der Waals surface area contributed by atoms with E-state index in [1.807, 2.05) is 62.4 Å². The van der Waals surface area contributed by atoms with Crippen molar-refractivity contribution >= 4 is 45.6 Å². The van der Waals surface area contributed by atoms with Crippen LogP contribution in [0.25, 0.3) is 44.2 Å². The molecule has 0 radical (unpaired) electrons. The van der Waals surface area contributed by atoms with Gasteiger partial charge in [-0.15, -0.1) is 0 Å². The molecule has 0 fully saturated rings. The maximum absolute atomic E-state index is 13.9. The van der Waals surface area contributed by atoms with Crippen molar-refractivity contribution < 1.29 is 28.7 Å². The number of hydrogen-bond acceptors (Lipinski definition) is 8. The topological polar surface area (TPSA) is 175 Å². The minimum atomic E-state index is -0.791. The second kappa shape index (κ2) is 17.6. The number of methoxy groups -OCH3 is 1. The number of amides is 4. The van der Waals surface area contributed by atoms with Gasteiger partial charge in [0.2, 0.25) is 17.7 Å². The third-order valence-electron chi connectivity index (χ3n) is 10.2. The molecule has 0 bridgehead atoms. The highest BCUT2D eigenvalue weighted by molar-refractivity contribution is 6.07. The van der Waals surface area contributed by atoms with E-state index in [1.54, 1.807) is 22.9 Å². The van der Waals surface area contributed by atoms with Gasteiger partial charge in [-0.1, -0.05) is 69.3 Å². The monoisotopic (exact) mass is 784 g/mol. The van der Waals surface area contributed by atoms with Crippen molar-refractivity contribution in [3.05, 3.63) is 102 Å². The molecule has 0 saturated carbocycles. The zero-order valence-electron chi connectivity index (χ0n) is 33.2. The van der Waals surface area contributed by atoms with E-state index in [2.05, 4.69) is 54.6 Å². The van der Waals surface area contributed by atoms with E-state index in [9.17, 15) is 19.2 Å². The Morgan fingerprint density at radius 2 is 1.66 bits per heavy atom. The van der Waals surface area contributed by atoms with Crippen LogP contribution in [0.5, 0.6) is 5.75 Å². The van der Waals surface area contributed by atoms with Gasteiger partial charge in [-0.05, 0) is 64.7 Å². The van der Waals surface area contributed by atoms with Crippen LogP contribution in [0.15, 0.2) is 79.0 Å². The highest BCUT2D eigenvalue weighted by Gasteiger charge is 2.28. The van der Waals surface area contributed by atoms with Crippen LogP contribution in [0.2, 0.25) is 0 Å². The van der Waals surface area contributed by atoms with Gasteiger partial charge in [-0.3, -0.25) is 14.4 Å². The van der Waals surface area contributed by atoms with E-state index in [0.717, 1.165) is 73.9 Å². The Hall–Kier alpha value is -6.70. The number of rotatable bonds is 15. The zero-order valence-corrected chi connectivity index (χ0v) is 33.2. The summed E-state index contributed by atoms with van der Waals surface area (Å²) in [4.78, 5) is 70.5. The van der Waals surface area contributed by atoms with Gasteiger partial charge in [0.05, 0.1) is 43.1 Å². The summed E-state index contributed by atoms with van der Waals surface area (Å²) in [5.41, 5.74) is 7.23. The van der Waals surface area contributed by atoms with E-state index in [0.29, 0.717) is 31.3 Å². The van der Waals surface area contributed by atoms with Gasteiger partial charge in [0.15, 0.2) is 0 Å². The van der Waals surface area contributed by atoms with Crippen LogP contribution in [0.3, 0.4) is 0 Å². The molecule has 0 aliphatic carbocycles. The molecular formula is C44H48N8O6. The molecule has 4 aromatic carbocycles. The number of aromatic nitrogens is 4. The molecule has 1 atom stereocenters. The third kappa shape index (κ3) is 8.50. The summed E-state index contributed by atoms with van der Waals surface area (Å²) in [6.45, 7) is 7.54. The van der Waals surface area contributed by atoms with Crippen molar-refractivity contribution in [1.29, 1.82) is 0 Å². The van der Waals surface area contributed by atoms with Crippen molar-refractivity contribution in [3.8, 4) is 28.1 Å². The van der Waals surface area contributed by atoms with E-state index in [1.165, 1.54) is 7.11 Å². The van der Waals surface area contributed by atoms with Crippen molar-refractivity contribution in [1.82, 2.24) is 40.4 Å². The number of nitrogens with one attached hydrogen (secondary N) is 4. The lowest BCUT2D eigenvalue weighted by atomic mass is 9.92. The molecule has 4 amide bonds. The van der Waals surface area contributed by atoms with E-state index in [-0.39, 0.29) is 43.8 Å². The number of fused-ring (bicyclic) bond motifs is 6. The summed E-state index contributed by atoms with van der Waals surface area (Å²) >= 11 is 0. The fourth-order valence-electron chi connectivity index (χ4n) is 7.35. The average Bonchev–Trinajstić information content (AvgIpc) is 3.90. The maximum Gasteiger partial charge on any atom is 0.407 e. The number of benzene rings is 4. The zero-order chi connectivity index (χ0) is 40.8. The average molecular weight is 785 g/mol. The number of nitrogens with zero attached hydrogens (tertiary/aromatic N) is 4. The number of carbonyl (C=O) groups excluding carboxylic acids is 4. The van der Waals surface area contributed by atoms with Crippen LogP contribution >= 0.6 is 0 Å². The first-order valence-electron chi connectivity index (χ1n) is 19.7. The first kappa shape index (κ1) is 39.5. The van der Waals surface area contributed by atoms with Gasteiger partial charge >= 0.3 is 6.09 Å². The normalized spacial score (nSPS) is 12.3. The number of aromatic amines is 2. The number of carbonyl (C=O) groups is 4. The first-order chi connectivity index (χ1) is 28.2. The van der Waals surface area contributed by atoms with Crippen molar-refractivity contribution in [3.63, 3.8) is 0 Å². The van der Waals surface area contributed by atoms with E-state index in [4.69, 9.17) is 9.72 Å². The summed E-state index contributed by atoms with van der Waals surface area (Å²) in [5, 5.41) is 7.34. The molecule has 7 rings (SSSR count). The minimum absolute atomic E-state index is 0.163. The Labute approximate surface area is 336 Å². The van der Waals surface area contributed by atoms with Crippen molar-refractivity contribution in [2.24, 2.45) is 0 Å². The fraction of sp³-hybridized carbons (Fsp3) is 0.318. The molecule has 2 aromatic heterocycles.